The van der Waals surface area contributed by atoms with Crippen molar-refractivity contribution in [1.29, 1.82) is 0 Å². The third kappa shape index (κ3) is 13.3. The van der Waals surface area contributed by atoms with Gasteiger partial charge in [0.15, 0.2) is 0 Å². The minimum absolute atomic E-state index is 0.0328. The summed E-state index contributed by atoms with van der Waals surface area (Å²) >= 11 is 0. The first kappa shape index (κ1) is 43.1. The Kier molecular flexibility index (Phi) is 16.9. The number of carbonyl (C=O) groups excluding carboxylic acids is 2. The number of unbranched alkanes of at least 4 members (excludes halogenated alkanes) is 1. The number of carbonyl (C=O) groups is 2. The van der Waals surface area contributed by atoms with E-state index in [4.69, 9.17) is 0 Å². The maximum Gasteiger partial charge on any atom is 0.253 e. The smallest absolute Gasteiger partial charge is 0.253 e. The monoisotopic (exact) mass is 745 g/mol. The van der Waals surface area contributed by atoms with Gasteiger partial charge in [-0.2, -0.15) is 0 Å². The summed E-state index contributed by atoms with van der Waals surface area (Å²) < 4.78 is 81.4. The lowest BCUT2D eigenvalue weighted by molar-refractivity contribution is 0.0614. The van der Waals surface area contributed by atoms with E-state index in [0.717, 1.165) is 22.5 Å². The Morgan fingerprint density at radius 1 is 0.840 bits per heavy atom. The maximum absolute atomic E-state index is 14.2. The minimum Gasteiger partial charge on any atom is -0.390 e. The molecule has 0 radical (unpaired) electrons. The number of nitrogens with zero attached hydrogens (tertiary/aromatic N) is 3. The molecule has 0 saturated carbocycles. The molecule has 2 aromatic rings. The fraction of sp³-hybridized carbons (Fsp3) is 0.588. The summed E-state index contributed by atoms with van der Waals surface area (Å²) in [7, 11) is -5.28. The molecule has 0 spiro atoms. The van der Waals surface area contributed by atoms with Crippen LogP contribution in [0.1, 0.15) is 86.6 Å². The molecule has 282 valence electrons. The standard InChI is InChI=1S/C34H53F2N5O7S2/c1-8-11-14-41(38-49(45,46)23-24(4)5)22-32(42)31(17-25-15-28(35)21-29(36)16-25)37-33(43)26-18-27(34(44)40(12-9-2)13-10-3)20-30(19-26)50(47,48)39(6)7/h15-16,18-21,24,31-32,38,42H,8-14,17,22-23H2,1-7H3,(H,37,43). The molecule has 0 saturated heterocycles. The van der Waals surface area contributed by atoms with E-state index in [1.165, 1.54) is 31.2 Å². The predicted octanol–water partition coefficient (Wildman–Crippen LogP) is 3.77. The number of hydrazine groups is 1. The van der Waals surface area contributed by atoms with Gasteiger partial charge >= 0.3 is 0 Å². The molecule has 2 rings (SSSR count). The second kappa shape index (κ2) is 19.6. The number of rotatable bonds is 21. The lowest BCUT2D eigenvalue weighted by Gasteiger charge is -2.30. The topological polar surface area (TPSA) is 156 Å². The lowest BCUT2D eigenvalue weighted by atomic mass is 9.99. The average molecular weight is 746 g/mol. The van der Waals surface area contributed by atoms with Gasteiger partial charge in [0.05, 0.1) is 22.8 Å². The molecular weight excluding hydrogens is 693 g/mol. The van der Waals surface area contributed by atoms with E-state index < -0.39 is 55.6 Å². The van der Waals surface area contributed by atoms with Crippen LogP contribution in [0, 0.1) is 17.6 Å². The molecule has 2 atom stereocenters. The van der Waals surface area contributed by atoms with E-state index in [2.05, 4.69) is 10.1 Å². The van der Waals surface area contributed by atoms with Gasteiger partial charge in [0, 0.05) is 57.5 Å². The Labute approximate surface area is 296 Å². The van der Waals surface area contributed by atoms with Crippen LogP contribution in [0.2, 0.25) is 0 Å². The number of hydrogen-bond donors (Lipinski definition) is 3. The molecule has 2 amide bonds. The number of aliphatic hydroxyl groups excluding tert-OH is 1. The zero-order valence-corrected chi connectivity index (χ0v) is 31.7. The molecule has 3 N–H and O–H groups in total. The molecule has 12 nitrogen and oxygen atoms in total. The van der Waals surface area contributed by atoms with Crippen molar-refractivity contribution in [2.75, 3.05) is 46.0 Å². The number of halogens is 2. The van der Waals surface area contributed by atoms with Crippen molar-refractivity contribution in [3.8, 4) is 0 Å². The number of benzene rings is 2. The van der Waals surface area contributed by atoms with E-state index in [0.29, 0.717) is 44.8 Å². The van der Waals surface area contributed by atoms with Crippen LogP contribution in [0.15, 0.2) is 41.3 Å². The zero-order chi connectivity index (χ0) is 37.8. The van der Waals surface area contributed by atoms with Crippen LogP contribution >= 0.6 is 0 Å². The number of aliphatic hydroxyl groups is 1. The largest absolute Gasteiger partial charge is 0.390 e. The van der Waals surface area contributed by atoms with Crippen molar-refractivity contribution in [3.63, 3.8) is 0 Å². The summed E-state index contributed by atoms with van der Waals surface area (Å²) in [6, 6.07) is 5.13. The molecule has 0 aliphatic heterocycles. The van der Waals surface area contributed by atoms with Gasteiger partial charge in [-0.05, 0) is 67.5 Å². The molecule has 2 aromatic carbocycles. The first-order valence-corrected chi connectivity index (χ1v) is 20.0. The van der Waals surface area contributed by atoms with E-state index in [9.17, 15) is 40.3 Å². The molecule has 0 aliphatic rings. The summed E-state index contributed by atoms with van der Waals surface area (Å²) in [6.45, 7) is 9.94. The highest BCUT2D eigenvalue weighted by molar-refractivity contribution is 7.89. The normalized spacial score (nSPS) is 13.5. The van der Waals surface area contributed by atoms with E-state index in [-0.39, 0.29) is 52.8 Å². The highest BCUT2D eigenvalue weighted by atomic mass is 32.2. The quantitative estimate of drug-likeness (QED) is 0.163. The SMILES string of the molecule is CCCCN(CC(O)C(Cc1cc(F)cc(F)c1)NC(=O)c1cc(C(=O)N(CCC)CCC)cc(S(=O)(=O)N(C)C)c1)NS(=O)(=O)CC(C)C. The van der Waals surface area contributed by atoms with Gasteiger partial charge in [-0.3, -0.25) is 9.59 Å². The summed E-state index contributed by atoms with van der Waals surface area (Å²) in [5.74, 6) is -3.44. The molecule has 0 aliphatic carbocycles. The first-order chi connectivity index (χ1) is 23.3. The Balaban J connectivity index is 2.61. The highest BCUT2D eigenvalue weighted by Crippen LogP contribution is 2.21. The van der Waals surface area contributed by atoms with Gasteiger partial charge in [0.25, 0.3) is 11.8 Å². The van der Waals surface area contributed by atoms with Crippen molar-refractivity contribution >= 4 is 31.9 Å². The predicted molar refractivity (Wildman–Crippen MR) is 189 cm³/mol. The summed E-state index contributed by atoms with van der Waals surface area (Å²) in [5, 5.41) is 15.5. The van der Waals surface area contributed by atoms with Crippen molar-refractivity contribution in [3.05, 3.63) is 64.7 Å². The van der Waals surface area contributed by atoms with Crippen LogP contribution in [0.5, 0.6) is 0 Å². The van der Waals surface area contributed by atoms with Crippen molar-refractivity contribution < 1.29 is 40.3 Å². The Bertz CT molecular complexity index is 1630. The lowest BCUT2D eigenvalue weighted by Crippen LogP contribution is -2.54. The third-order valence-corrected chi connectivity index (χ3v) is 11.1. The minimum atomic E-state index is -4.12. The van der Waals surface area contributed by atoms with Gasteiger partial charge in [0.1, 0.15) is 11.6 Å². The number of amides is 2. The van der Waals surface area contributed by atoms with Crippen LogP contribution in [0.3, 0.4) is 0 Å². The van der Waals surface area contributed by atoms with Gasteiger partial charge in [-0.1, -0.05) is 41.0 Å². The van der Waals surface area contributed by atoms with Gasteiger partial charge in [-0.15, -0.1) is 4.83 Å². The van der Waals surface area contributed by atoms with Gasteiger partial charge < -0.3 is 15.3 Å². The second-order valence-electron chi connectivity index (χ2n) is 13.0. The number of nitrogens with one attached hydrogen (secondary N) is 2. The molecule has 16 heteroatoms. The molecule has 0 aromatic heterocycles. The van der Waals surface area contributed by atoms with Gasteiger partial charge in [-0.25, -0.2) is 34.9 Å². The number of hydrogen-bond acceptors (Lipinski definition) is 8. The van der Waals surface area contributed by atoms with E-state index in [1.54, 1.807) is 18.7 Å². The maximum atomic E-state index is 14.2. The molecule has 0 fully saturated rings. The fourth-order valence-corrected chi connectivity index (χ4v) is 7.80. The summed E-state index contributed by atoms with van der Waals surface area (Å²) in [5.41, 5.74) is -0.135. The summed E-state index contributed by atoms with van der Waals surface area (Å²) in [4.78, 5) is 31.3. The van der Waals surface area contributed by atoms with Crippen molar-refractivity contribution in [1.82, 2.24) is 24.4 Å². The van der Waals surface area contributed by atoms with Crippen LogP contribution in [0.4, 0.5) is 8.78 Å². The first-order valence-electron chi connectivity index (χ1n) is 16.9. The molecular formula is C34H53F2N5O7S2. The van der Waals surface area contributed by atoms with Crippen molar-refractivity contribution in [2.24, 2.45) is 5.92 Å². The number of sulfonamides is 2. The van der Waals surface area contributed by atoms with E-state index >= 15 is 0 Å². The molecule has 0 bridgehead atoms. The third-order valence-electron chi connectivity index (χ3n) is 7.64. The molecule has 50 heavy (non-hydrogen) atoms. The fourth-order valence-electron chi connectivity index (χ4n) is 5.32. The van der Waals surface area contributed by atoms with E-state index in [1.807, 2.05) is 20.8 Å². The zero-order valence-electron chi connectivity index (χ0n) is 30.1. The second-order valence-corrected chi connectivity index (χ2v) is 16.9. The summed E-state index contributed by atoms with van der Waals surface area (Å²) in [6.07, 6.45) is 0.825. The highest BCUT2D eigenvalue weighted by Gasteiger charge is 2.29. The van der Waals surface area contributed by atoms with Crippen LogP contribution in [0.25, 0.3) is 0 Å². The molecule has 2 unspecified atom stereocenters. The van der Waals surface area contributed by atoms with Crippen LogP contribution in [-0.4, -0.2) is 106 Å². The Morgan fingerprint density at radius 2 is 1.42 bits per heavy atom. The van der Waals surface area contributed by atoms with Crippen molar-refractivity contribution in [2.45, 2.75) is 83.8 Å². The van der Waals surface area contributed by atoms with Crippen LogP contribution in [-0.2, 0) is 26.5 Å². The van der Waals surface area contributed by atoms with Gasteiger partial charge in [0.2, 0.25) is 20.0 Å². The Hall–Kier alpha value is -3.02. The van der Waals surface area contributed by atoms with Crippen LogP contribution < -0.4 is 10.1 Å². The average Bonchev–Trinajstić information content (AvgIpc) is 3.01. The molecule has 0 heterocycles. The Morgan fingerprint density at radius 3 is 1.94 bits per heavy atom.